The number of urea groups is 1. The van der Waals surface area contributed by atoms with Gasteiger partial charge < -0.3 is 15.7 Å². The number of carbonyl (C=O) groups is 4. The zero-order valence-corrected chi connectivity index (χ0v) is 16.0. The van der Waals surface area contributed by atoms with Crippen LogP contribution >= 0.6 is 11.8 Å². The molecule has 1 unspecified atom stereocenters. The highest BCUT2D eigenvalue weighted by Gasteiger charge is 2.44. The van der Waals surface area contributed by atoms with Crippen LogP contribution in [0.15, 0.2) is 5.10 Å². The fraction of sp³-hybridized carbons (Fsp3) is 0.643. The molecule has 12 nitrogen and oxygen atoms in total. The summed E-state index contributed by atoms with van der Waals surface area (Å²) >= 11 is 1.48. The molecule has 4 amide bonds. The Morgan fingerprint density at radius 1 is 1.25 bits per heavy atom. The van der Waals surface area contributed by atoms with Gasteiger partial charge >= 0.3 is 12.0 Å². The zero-order valence-electron chi connectivity index (χ0n) is 14.4. The third-order valence-electron chi connectivity index (χ3n) is 4.77. The van der Waals surface area contributed by atoms with E-state index in [9.17, 15) is 37.3 Å². The number of carbonyl (C=O) groups excluding carboxylic acids is 3. The molecule has 3 aliphatic heterocycles. The van der Waals surface area contributed by atoms with E-state index < -0.39 is 38.9 Å². The first-order chi connectivity index (χ1) is 13.1. The molecule has 0 radical (unpaired) electrons. The van der Waals surface area contributed by atoms with Crippen LogP contribution in [0.3, 0.4) is 0 Å². The number of imide groups is 1. The maximum Gasteiger partial charge on any atom is 0.353 e. The third kappa shape index (κ3) is 4.12. The van der Waals surface area contributed by atoms with Crippen molar-refractivity contribution in [1.82, 2.24) is 15.6 Å². The summed E-state index contributed by atoms with van der Waals surface area (Å²) < 4.78 is 33.2. The van der Waals surface area contributed by atoms with Crippen LogP contribution in [0.5, 0.6) is 0 Å². The molecule has 14 heteroatoms. The first-order valence-corrected chi connectivity index (χ1v) is 11.0. The predicted molar refractivity (Wildman–Crippen MR) is 96.2 cm³/mol. The molecule has 4 atom stereocenters. The van der Waals surface area contributed by atoms with Gasteiger partial charge in [-0.3, -0.25) is 14.1 Å². The van der Waals surface area contributed by atoms with Gasteiger partial charge in [0, 0.05) is 23.8 Å². The second-order valence-electron chi connectivity index (χ2n) is 6.59. The molecule has 3 aliphatic rings. The fourth-order valence-corrected chi connectivity index (χ4v) is 5.79. The zero-order chi connectivity index (χ0) is 20.6. The Morgan fingerprint density at radius 3 is 2.46 bits per heavy atom. The molecule has 3 fully saturated rings. The molecule has 3 saturated heterocycles. The van der Waals surface area contributed by atoms with Gasteiger partial charge in [-0.1, -0.05) is 0 Å². The number of hydrogen-bond donors (Lipinski definition) is 4. The number of aliphatic carboxylic acids is 1. The largest absolute Gasteiger partial charge is 0.477 e. The number of nitrogens with one attached hydrogen (secondary N) is 2. The van der Waals surface area contributed by atoms with Crippen LogP contribution in [-0.2, 0) is 24.5 Å². The van der Waals surface area contributed by atoms with Gasteiger partial charge in [0.15, 0.2) is 5.71 Å². The van der Waals surface area contributed by atoms with Gasteiger partial charge in [-0.25, -0.2) is 9.59 Å². The van der Waals surface area contributed by atoms with Crippen LogP contribution in [0.4, 0.5) is 4.79 Å². The summed E-state index contributed by atoms with van der Waals surface area (Å²) in [5.41, 5.74) is -1.00. The van der Waals surface area contributed by atoms with Crippen LogP contribution in [0.25, 0.3) is 0 Å². The SMILES string of the molecule is O=C1N[C@H]2[C@H](CS[C@H]2CCC(C(=NN2C(=O)CCC2=O)C(=O)O)S(=O)(=O)O)N1. The average molecular weight is 434 g/mol. The van der Waals surface area contributed by atoms with E-state index in [1.807, 2.05) is 0 Å². The van der Waals surface area contributed by atoms with Crippen molar-refractivity contribution in [2.24, 2.45) is 5.10 Å². The lowest BCUT2D eigenvalue weighted by molar-refractivity contribution is -0.138. The summed E-state index contributed by atoms with van der Waals surface area (Å²) in [4.78, 5) is 46.4. The van der Waals surface area contributed by atoms with E-state index in [-0.39, 0.29) is 49.0 Å². The number of rotatable bonds is 7. The summed E-state index contributed by atoms with van der Waals surface area (Å²) in [6.07, 6.45) is -0.454. The number of fused-ring (bicyclic) bond motifs is 1. The van der Waals surface area contributed by atoms with Crippen LogP contribution in [-0.4, -0.2) is 80.9 Å². The fourth-order valence-electron chi connectivity index (χ4n) is 3.41. The van der Waals surface area contributed by atoms with E-state index in [0.29, 0.717) is 10.8 Å². The first-order valence-electron chi connectivity index (χ1n) is 8.40. The topological polar surface area (TPSA) is 183 Å². The Morgan fingerprint density at radius 2 is 1.89 bits per heavy atom. The van der Waals surface area contributed by atoms with Crippen molar-refractivity contribution in [2.75, 3.05) is 5.75 Å². The number of nitrogens with zero attached hydrogens (tertiary/aromatic N) is 2. The van der Waals surface area contributed by atoms with E-state index in [2.05, 4.69) is 15.7 Å². The number of hydrogen-bond acceptors (Lipinski definition) is 8. The molecular weight excluding hydrogens is 416 g/mol. The summed E-state index contributed by atoms with van der Waals surface area (Å²) in [6, 6.07) is -0.684. The minimum absolute atomic E-state index is 0.112. The van der Waals surface area contributed by atoms with Crippen molar-refractivity contribution >= 4 is 51.4 Å². The number of amides is 4. The van der Waals surface area contributed by atoms with Crippen molar-refractivity contribution < 1.29 is 37.3 Å². The van der Waals surface area contributed by atoms with Gasteiger partial charge in [0.1, 0.15) is 5.25 Å². The Bertz CT molecular complexity index is 841. The summed E-state index contributed by atoms with van der Waals surface area (Å²) in [5, 5.41) is 16.5. The smallest absolute Gasteiger partial charge is 0.353 e. The number of thioether (sulfide) groups is 1. The first kappa shape index (κ1) is 20.5. The van der Waals surface area contributed by atoms with Crippen molar-refractivity contribution in [1.29, 1.82) is 0 Å². The quantitative estimate of drug-likeness (QED) is 0.165. The van der Waals surface area contributed by atoms with Gasteiger partial charge in [-0.05, 0) is 12.8 Å². The van der Waals surface area contributed by atoms with Gasteiger partial charge in [-0.15, -0.1) is 0 Å². The maximum absolute atomic E-state index is 11.8. The molecule has 3 heterocycles. The normalized spacial score (nSPS) is 28.9. The molecule has 0 saturated carbocycles. The van der Waals surface area contributed by atoms with Gasteiger partial charge in [-0.2, -0.15) is 30.3 Å². The Hall–Kier alpha value is -2.19. The van der Waals surface area contributed by atoms with E-state index in [1.54, 1.807) is 0 Å². The minimum atomic E-state index is -4.88. The molecule has 4 N–H and O–H groups in total. The van der Waals surface area contributed by atoms with Crippen LogP contribution in [0.1, 0.15) is 25.7 Å². The molecule has 0 aromatic carbocycles. The van der Waals surface area contributed by atoms with Crippen molar-refractivity contribution in [2.45, 2.75) is 48.3 Å². The van der Waals surface area contributed by atoms with Crippen molar-refractivity contribution in [3.8, 4) is 0 Å². The van der Waals surface area contributed by atoms with Crippen LogP contribution in [0, 0.1) is 0 Å². The lowest BCUT2D eigenvalue weighted by Gasteiger charge is -2.20. The number of carboxylic acid groups (broad SMARTS) is 1. The van der Waals surface area contributed by atoms with Crippen LogP contribution in [0.2, 0.25) is 0 Å². The minimum Gasteiger partial charge on any atom is -0.477 e. The van der Waals surface area contributed by atoms with E-state index in [0.717, 1.165) is 0 Å². The molecule has 0 aromatic rings. The van der Waals surface area contributed by atoms with Gasteiger partial charge in [0.25, 0.3) is 10.1 Å². The molecule has 0 aliphatic carbocycles. The second kappa shape index (κ2) is 7.67. The summed E-state index contributed by atoms with van der Waals surface area (Å²) in [5.74, 6) is -2.64. The van der Waals surface area contributed by atoms with E-state index in [1.165, 1.54) is 11.8 Å². The maximum atomic E-state index is 11.8. The number of carboxylic acids is 1. The molecule has 0 aromatic heterocycles. The summed E-state index contributed by atoms with van der Waals surface area (Å²) in [7, 11) is -4.88. The Kier molecular flexibility index (Phi) is 5.63. The molecule has 154 valence electrons. The molecule has 0 bridgehead atoms. The lowest BCUT2D eigenvalue weighted by atomic mass is 10.0. The molecule has 3 rings (SSSR count). The second-order valence-corrected chi connectivity index (χ2v) is 9.46. The van der Waals surface area contributed by atoms with Crippen molar-refractivity contribution in [3.63, 3.8) is 0 Å². The third-order valence-corrected chi connectivity index (χ3v) is 7.45. The molecular formula is C14H18N4O8S2. The highest BCUT2D eigenvalue weighted by atomic mass is 32.2. The monoisotopic (exact) mass is 434 g/mol. The highest BCUT2D eigenvalue weighted by molar-refractivity contribution is 8.00. The molecule has 0 spiro atoms. The summed E-state index contributed by atoms with van der Waals surface area (Å²) in [6.45, 7) is 0. The average Bonchev–Trinajstić information content (AvgIpc) is 3.22. The van der Waals surface area contributed by atoms with E-state index >= 15 is 0 Å². The van der Waals surface area contributed by atoms with Gasteiger partial charge in [0.2, 0.25) is 11.8 Å². The van der Waals surface area contributed by atoms with Crippen molar-refractivity contribution in [3.05, 3.63) is 0 Å². The molecule has 28 heavy (non-hydrogen) atoms. The Balaban J connectivity index is 1.80. The standard InChI is InChI=1S/C14H18N4O8S2/c19-9-3-4-10(20)18(9)17-12(13(21)22)8(28(24,25)26)2-1-7-11-6(5-27-7)15-14(23)16-11/h6-8,11H,1-5H2,(H,21,22)(H2,15,16,23)(H,24,25,26)/t6-,7-,8?,11-/m0/s1. The van der Waals surface area contributed by atoms with E-state index in [4.69, 9.17) is 0 Å². The Labute approximate surface area is 163 Å². The highest BCUT2D eigenvalue weighted by Crippen LogP contribution is 2.33. The van der Waals surface area contributed by atoms with Crippen LogP contribution < -0.4 is 10.6 Å². The van der Waals surface area contributed by atoms with Gasteiger partial charge in [0.05, 0.1) is 12.1 Å². The number of hydrazone groups is 1. The predicted octanol–water partition coefficient (Wildman–Crippen LogP) is -1.22. The lowest BCUT2D eigenvalue weighted by Crippen LogP contribution is -2.41.